The van der Waals surface area contributed by atoms with Crippen molar-refractivity contribution in [3.63, 3.8) is 0 Å². The number of hydrogen-bond acceptors (Lipinski definition) is 7. The highest BCUT2D eigenvalue weighted by molar-refractivity contribution is 6.04. The largest absolute Gasteiger partial charge is 0.504 e. The Morgan fingerprint density at radius 1 is 0.939 bits per heavy atom. The molecule has 0 saturated carbocycles. The van der Waals surface area contributed by atoms with Gasteiger partial charge in [-0.05, 0) is 42.5 Å². The Morgan fingerprint density at radius 3 is 2.36 bits per heavy atom. The van der Waals surface area contributed by atoms with Gasteiger partial charge in [-0.25, -0.2) is 0 Å². The summed E-state index contributed by atoms with van der Waals surface area (Å²) in [6.07, 6.45) is 0. The van der Waals surface area contributed by atoms with E-state index >= 15 is 0 Å². The third-order valence-electron chi connectivity index (χ3n) is 5.10. The van der Waals surface area contributed by atoms with Gasteiger partial charge in [-0.1, -0.05) is 6.07 Å². The monoisotopic (exact) mass is 447 g/mol. The molecule has 4 rings (SSSR count). The Hall–Kier alpha value is -4.46. The van der Waals surface area contributed by atoms with Gasteiger partial charge in [-0.2, -0.15) is 0 Å². The standard InChI is InChI=1S/C25H21NO7/c1-30-17-6-4-5-15(11-17)25(29)26-16-9-7-14(8-10-16)19-12-18(27)22-20(33-19)13-21(31-2)24(32-3)23(22)28/h4-13,28H,1-3H3,(H,26,29). The van der Waals surface area contributed by atoms with Crippen molar-refractivity contribution in [2.75, 3.05) is 26.6 Å². The molecule has 0 atom stereocenters. The van der Waals surface area contributed by atoms with Crippen molar-refractivity contribution >= 4 is 22.6 Å². The molecule has 0 unspecified atom stereocenters. The molecule has 0 fully saturated rings. The van der Waals surface area contributed by atoms with Crippen molar-refractivity contribution in [2.45, 2.75) is 0 Å². The number of anilines is 1. The van der Waals surface area contributed by atoms with Crippen LogP contribution in [0.5, 0.6) is 23.0 Å². The first-order chi connectivity index (χ1) is 15.9. The number of phenols is 1. The summed E-state index contributed by atoms with van der Waals surface area (Å²) < 4.78 is 21.4. The number of aromatic hydroxyl groups is 1. The summed E-state index contributed by atoms with van der Waals surface area (Å²) in [6.45, 7) is 0. The average molecular weight is 447 g/mol. The number of methoxy groups -OCH3 is 3. The summed E-state index contributed by atoms with van der Waals surface area (Å²) in [5.41, 5.74) is 1.37. The summed E-state index contributed by atoms with van der Waals surface area (Å²) >= 11 is 0. The molecule has 0 radical (unpaired) electrons. The summed E-state index contributed by atoms with van der Waals surface area (Å²) in [4.78, 5) is 25.2. The number of fused-ring (bicyclic) bond motifs is 1. The van der Waals surface area contributed by atoms with Gasteiger partial charge in [0.05, 0.1) is 21.3 Å². The van der Waals surface area contributed by atoms with Gasteiger partial charge >= 0.3 is 0 Å². The minimum Gasteiger partial charge on any atom is -0.504 e. The first-order valence-corrected chi connectivity index (χ1v) is 9.92. The van der Waals surface area contributed by atoms with E-state index in [4.69, 9.17) is 18.6 Å². The van der Waals surface area contributed by atoms with Crippen LogP contribution < -0.4 is 25.0 Å². The maximum absolute atomic E-state index is 12.7. The van der Waals surface area contributed by atoms with Gasteiger partial charge in [0.1, 0.15) is 22.5 Å². The van der Waals surface area contributed by atoms with Crippen molar-refractivity contribution in [3.05, 3.63) is 76.5 Å². The number of rotatable bonds is 6. The summed E-state index contributed by atoms with van der Waals surface area (Å²) in [6, 6.07) is 16.4. The molecule has 2 N–H and O–H groups in total. The smallest absolute Gasteiger partial charge is 0.255 e. The van der Waals surface area contributed by atoms with Gasteiger partial charge in [0, 0.05) is 28.9 Å². The number of phenolic OH excluding ortho intramolecular Hbond substituents is 1. The van der Waals surface area contributed by atoms with E-state index in [1.165, 1.54) is 33.5 Å². The maximum Gasteiger partial charge on any atom is 0.255 e. The Balaban J connectivity index is 1.64. The molecule has 0 spiro atoms. The number of nitrogens with one attached hydrogen (secondary N) is 1. The van der Waals surface area contributed by atoms with E-state index in [9.17, 15) is 14.7 Å². The molecule has 0 aliphatic rings. The van der Waals surface area contributed by atoms with Crippen LogP contribution in [-0.2, 0) is 0 Å². The lowest BCUT2D eigenvalue weighted by Gasteiger charge is -2.12. The zero-order valence-electron chi connectivity index (χ0n) is 18.2. The van der Waals surface area contributed by atoms with Gasteiger partial charge in [-0.3, -0.25) is 9.59 Å². The van der Waals surface area contributed by atoms with Crippen LogP contribution in [0.25, 0.3) is 22.3 Å². The lowest BCUT2D eigenvalue weighted by Crippen LogP contribution is -2.11. The molecule has 0 saturated heterocycles. The van der Waals surface area contributed by atoms with Crippen LogP contribution in [0.15, 0.2) is 69.9 Å². The maximum atomic E-state index is 12.7. The van der Waals surface area contributed by atoms with Crippen LogP contribution >= 0.6 is 0 Å². The van der Waals surface area contributed by atoms with Gasteiger partial charge in [0.15, 0.2) is 16.9 Å². The fourth-order valence-electron chi connectivity index (χ4n) is 3.44. The number of carbonyl (C=O) groups is 1. The van der Waals surface area contributed by atoms with Crippen molar-refractivity contribution < 1.29 is 28.5 Å². The Kier molecular flexibility index (Phi) is 5.91. The topological polar surface area (TPSA) is 107 Å². The van der Waals surface area contributed by atoms with E-state index < -0.39 is 5.43 Å². The van der Waals surface area contributed by atoms with E-state index in [2.05, 4.69) is 5.32 Å². The molecule has 1 amide bonds. The van der Waals surface area contributed by atoms with E-state index in [0.29, 0.717) is 28.3 Å². The zero-order valence-corrected chi connectivity index (χ0v) is 18.2. The number of hydrogen-bond donors (Lipinski definition) is 2. The molecular formula is C25H21NO7. The van der Waals surface area contributed by atoms with Crippen molar-refractivity contribution in [1.29, 1.82) is 0 Å². The Morgan fingerprint density at radius 2 is 1.70 bits per heavy atom. The third-order valence-corrected chi connectivity index (χ3v) is 5.10. The molecule has 8 nitrogen and oxygen atoms in total. The molecule has 0 aliphatic carbocycles. The first-order valence-electron chi connectivity index (χ1n) is 9.92. The summed E-state index contributed by atoms with van der Waals surface area (Å²) in [7, 11) is 4.33. The van der Waals surface area contributed by atoms with Crippen LogP contribution in [0.4, 0.5) is 5.69 Å². The molecule has 1 aromatic heterocycles. The average Bonchev–Trinajstić information content (AvgIpc) is 2.83. The minimum absolute atomic E-state index is 0.00132. The normalized spacial score (nSPS) is 10.6. The third kappa shape index (κ3) is 4.18. The molecule has 1 heterocycles. The van der Waals surface area contributed by atoms with Gasteiger partial charge < -0.3 is 29.1 Å². The highest BCUT2D eigenvalue weighted by Crippen LogP contribution is 2.42. The predicted octanol–water partition coefficient (Wildman–Crippen LogP) is 4.44. The number of ether oxygens (including phenoxy) is 3. The van der Waals surface area contributed by atoms with E-state index in [1.54, 1.807) is 48.5 Å². The van der Waals surface area contributed by atoms with Crippen LogP contribution in [-0.4, -0.2) is 32.3 Å². The molecule has 4 aromatic rings. The fourth-order valence-corrected chi connectivity index (χ4v) is 3.44. The number of amides is 1. The molecule has 8 heteroatoms. The highest BCUT2D eigenvalue weighted by atomic mass is 16.5. The first kappa shape index (κ1) is 21.8. The van der Waals surface area contributed by atoms with E-state index in [-0.39, 0.29) is 34.1 Å². The van der Waals surface area contributed by atoms with Crippen molar-refractivity contribution in [3.8, 4) is 34.3 Å². The molecule has 33 heavy (non-hydrogen) atoms. The second-order valence-electron chi connectivity index (χ2n) is 7.07. The Bertz CT molecular complexity index is 1390. The zero-order chi connectivity index (χ0) is 23.5. The quantitative estimate of drug-likeness (QED) is 0.450. The van der Waals surface area contributed by atoms with Gasteiger partial charge in [-0.15, -0.1) is 0 Å². The summed E-state index contributed by atoms with van der Waals surface area (Å²) in [5, 5.41) is 13.3. The number of carbonyl (C=O) groups excluding carboxylic acids is 1. The molecule has 0 bridgehead atoms. The lowest BCUT2D eigenvalue weighted by atomic mass is 10.1. The van der Waals surface area contributed by atoms with Crippen LogP contribution in [0, 0.1) is 0 Å². The molecule has 168 valence electrons. The van der Waals surface area contributed by atoms with Crippen molar-refractivity contribution in [2.24, 2.45) is 0 Å². The van der Waals surface area contributed by atoms with E-state index in [0.717, 1.165) is 0 Å². The van der Waals surface area contributed by atoms with Crippen LogP contribution in [0.2, 0.25) is 0 Å². The van der Waals surface area contributed by atoms with Gasteiger partial charge in [0.2, 0.25) is 5.75 Å². The van der Waals surface area contributed by atoms with Crippen LogP contribution in [0.1, 0.15) is 10.4 Å². The second-order valence-corrected chi connectivity index (χ2v) is 7.07. The Labute approximate surface area is 188 Å². The minimum atomic E-state index is -0.430. The fraction of sp³-hybridized carbons (Fsp3) is 0.120. The highest BCUT2D eigenvalue weighted by Gasteiger charge is 2.19. The predicted molar refractivity (Wildman–Crippen MR) is 124 cm³/mol. The van der Waals surface area contributed by atoms with Crippen LogP contribution in [0.3, 0.4) is 0 Å². The summed E-state index contributed by atoms with van der Waals surface area (Å²) in [5.74, 6) is 0.548. The second kappa shape index (κ2) is 8.96. The molecule has 3 aromatic carbocycles. The van der Waals surface area contributed by atoms with Gasteiger partial charge in [0.25, 0.3) is 5.91 Å². The molecule has 0 aliphatic heterocycles. The number of benzene rings is 3. The van der Waals surface area contributed by atoms with Crippen molar-refractivity contribution in [1.82, 2.24) is 0 Å². The van der Waals surface area contributed by atoms with E-state index in [1.807, 2.05) is 0 Å². The lowest BCUT2D eigenvalue weighted by molar-refractivity contribution is 0.102. The molecular weight excluding hydrogens is 426 g/mol. The SMILES string of the molecule is COc1cccc(C(=O)Nc2ccc(-c3cc(=O)c4c(O)c(OC)c(OC)cc4o3)cc2)c1.